The largest absolute Gasteiger partial charge is 0.464 e. The number of hydrogen-bond acceptors (Lipinski definition) is 6. The van der Waals surface area contributed by atoms with Gasteiger partial charge in [0, 0.05) is 0 Å². The van der Waals surface area contributed by atoms with Crippen LogP contribution in [0.3, 0.4) is 0 Å². The Morgan fingerprint density at radius 1 is 0.727 bits per heavy atom. The van der Waals surface area contributed by atoms with Crippen LogP contribution in [0.15, 0.2) is 9.98 Å². The highest BCUT2D eigenvalue weighted by atomic mass is 35.5. The van der Waals surface area contributed by atoms with Crippen LogP contribution in [-0.4, -0.2) is 50.2 Å². The summed E-state index contributed by atoms with van der Waals surface area (Å²) < 4.78 is 9.56. The molecule has 0 aliphatic carbocycles. The van der Waals surface area contributed by atoms with Crippen molar-refractivity contribution in [1.29, 1.82) is 0 Å². The van der Waals surface area contributed by atoms with Crippen molar-refractivity contribution in [2.24, 2.45) is 32.9 Å². The van der Waals surface area contributed by atoms with Crippen LogP contribution in [0.5, 0.6) is 0 Å². The van der Waals surface area contributed by atoms with Crippen molar-refractivity contribution < 1.29 is 19.1 Å². The summed E-state index contributed by atoms with van der Waals surface area (Å²) in [5, 5.41) is 0. The van der Waals surface area contributed by atoms with Gasteiger partial charge in [0.15, 0.2) is 11.9 Å². The maximum Gasteiger partial charge on any atom is 0.306 e. The van der Waals surface area contributed by atoms with E-state index in [9.17, 15) is 9.59 Å². The SMILES string of the molecule is Cl.Cl.NC(N)=NCCOC(=O)CCC(=O)OCCN=C(N)N. The van der Waals surface area contributed by atoms with E-state index in [-0.39, 0.29) is 75.9 Å². The number of ether oxygens (including phenoxy) is 2. The van der Waals surface area contributed by atoms with Crippen LogP contribution in [0.2, 0.25) is 0 Å². The van der Waals surface area contributed by atoms with Gasteiger partial charge < -0.3 is 32.4 Å². The summed E-state index contributed by atoms with van der Waals surface area (Å²) in [7, 11) is 0. The topological polar surface area (TPSA) is 181 Å². The van der Waals surface area contributed by atoms with Crippen molar-refractivity contribution in [1.82, 2.24) is 0 Å². The second kappa shape index (κ2) is 15.4. The van der Waals surface area contributed by atoms with Gasteiger partial charge in [0.05, 0.1) is 25.9 Å². The Morgan fingerprint density at radius 3 is 1.32 bits per heavy atom. The summed E-state index contributed by atoms with van der Waals surface area (Å²) in [6.07, 6.45) is -0.161. The number of hydrogen-bond donors (Lipinski definition) is 4. The molecule has 0 bridgehead atoms. The molecule has 0 spiro atoms. The molecule has 130 valence electrons. The average Bonchev–Trinajstić information content (AvgIpc) is 2.37. The van der Waals surface area contributed by atoms with Crippen molar-refractivity contribution in [3.63, 3.8) is 0 Å². The first-order valence-corrected chi connectivity index (χ1v) is 5.84. The molecule has 0 aliphatic heterocycles. The zero-order valence-electron chi connectivity index (χ0n) is 11.9. The summed E-state index contributed by atoms with van der Waals surface area (Å²) in [5.41, 5.74) is 20.3. The monoisotopic (exact) mass is 360 g/mol. The number of rotatable bonds is 9. The first kappa shape index (κ1) is 25.0. The number of carbonyl (C=O) groups excluding carboxylic acids is 2. The van der Waals surface area contributed by atoms with Crippen LogP contribution in [0, 0.1) is 0 Å². The van der Waals surface area contributed by atoms with Gasteiger partial charge in [-0.05, 0) is 0 Å². The summed E-state index contributed by atoms with van der Waals surface area (Å²) in [5.74, 6) is -1.22. The molecular weight excluding hydrogens is 339 g/mol. The second-order valence-electron chi connectivity index (χ2n) is 3.55. The van der Waals surface area contributed by atoms with Gasteiger partial charge in [-0.2, -0.15) is 0 Å². The Kier molecular flexibility index (Phi) is 17.6. The van der Waals surface area contributed by atoms with Crippen molar-refractivity contribution in [2.75, 3.05) is 26.3 Å². The molecule has 8 N–H and O–H groups in total. The highest BCUT2D eigenvalue weighted by Gasteiger charge is 2.08. The van der Waals surface area contributed by atoms with E-state index in [1.807, 2.05) is 0 Å². The molecule has 0 heterocycles. The smallest absolute Gasteiger partial charge is 0.306 e. The standard InChI is InChI=1S/C10H20N6O4.2ClH/c11-9(12)15-3-5-19-7(17)1-2-8(18)20-6-4-16-10(13)14;;/h1-6H2,(H4,11,12,15)(H4,13,14,16);2*1H. The number of guanidine groups is 2. The molecule has 0 amide bonds. The van der Waals surface area contributed by atoms with Crippen LogP contribution >= 0.6 is 24.8 Å². The maximum atomic E-state index is 11.2. The van der Waals surface area contributed by atoms with E-state index in [2.05, 4.69) is 9.98 Å². The number of aliphatic imine (C=N–C) groups is 2. The van der Waals surface area contributed by atoms with Crippen LogP contribution in [-0.2, 0) is 19.1 Å². The lowest BCUT2D eigenvalue weighted by Gasteiger charge is -2.04. The molecule has 0 atom stereocenters. The third-order valence-corrected chi connectivity index (χ3v) is 1.83. The minimum Gasteiger partial charge on any atom is -0.464 e. The molecule has 12 heteroatoms. The van der Waals surface area contributed by atoms with E-state index < -0.39 is 11.9 Å². The Hall–Kier alpha value is -1.94. The highest BCUT2D eigenvalue weighted by molar-refractivity contribution is 5.85. The van der Waals surface area contributed by atoms with Crippen molar-refractivity contribution in [3.05, 3.63) is 0 Å². The van der Waals surface area contributed by atoms with Gasteiger partial charge in [0.2, 0.25) is 0 Å². The Morgan fingerprint density at radius 2 is 1.05 bits per heavy atom. The van der Waals surface area contributed by atoms with Crippen LogP contribution in [0.25, 0.3) is 0 Å². The summed E-state index contributed by atoms with van der Waals surface area (Å²) in [4.78, 5) is 29.7. The molecular formula is C10H22Cl2N6O4. The number of nitrogens with zero attached hydrogens (tertiary/aromatic N) is 2. The van der Waals surface area contributed by atoms with Crippen molar-refractivity contribution in [2.45, 2.75) is 12.8 Å². The van der Waals surface area contributed by atoms with Gasteiger partial charge in [-0.15, -0.1) is 24.8 Å². The molecule has 0 radical (unpaired) electrons. The lowest BCUT2D eigenvalue weighted by atomic mass is 10.3. The molecule has 22 heavy (non-hydrogen) atoms. The predicted molar refractivity (Wildman–Crippen MR) is 87.0 cm³/mol. The molecule has 10 nitrogen and oxygen atoms in total. The number of halogens is 2. The third kappa shape index (κ3) is 18.1. The highest BCUT2D eigenvalue weighted by Crippen LogP contribution is 1.96. The molecule has 0 rings (SSSR count). The average molecular weight is 361 g/mol. The minimum absolute atomic E-state index is 0. The minimum atomic E-state index is -0.531. The molecule has 0 fully saturated rings. The fourth-order valence-electron chi connectivity index (χ4n) is 1.02. The zero-order valence-corrected chi connectivity index (χ0v) is 13.5. The van der Waals surface area contributed by atoms with Gasteiger partial charge in [-0.1, -0.05) is 0 Å². The van der Waals surface area contributed by atoms with Crippen LogP contribution < -0.4 is 22.9 Å². The molecule has 0 saturated heterocycles. The van der Waals surface area contributed by atoms with Crippen molar-refractivity contribution >= 4 is 48.7 Å². The van der Waals surface area contributed by atoms with Crippen LogP contribution in [0.4, 0.5) is 0 Å². The first-order chi connectivity index (χ1) is 9.41. The Bertz CT molecular complexity index is 348. The van der Waals surface area contributed by atoms with E-state index in [0.29, 0.717) is 0 Å². The van der Waals surface area contributed by atoms with Gasteiger partial charge in [-0.3, -0.25) is 19.6 Å². The van der Waals surface area contributed by atoms with Gasteiger partial charge in [0.25, 0.3) is 0 Å². The molecule has 0 aromatic heterocycles. The second-order valence-corrected chi connectivity index (χ2v) is 3.55. The van der Waals surface area contributed by atoms with E-state index in [0.717, 1.165) is 0 Å². The Labute approximate surface area is 140 Å². The molecule has 0 saturated carbocycles. The summed E-state index contributed by atoms with van der Waals surface area (Å²) >= 11 is 0. The summed E-state index contributed by atoms with van der Waals surface area (Å²) in [6.45, 7) is 0.459. The molecule has 0 aromatic rings. The molecule has 0 aromatic carbocycles. The lowest BCUT2D eigenvalue weighted by Crippen LogP contribution is -2.24. The Balaban J connectivity index is -0.00000180. The van der Waals surface area contributed by atoms with Crippen LogP contribution in [0.1, 0.15) is 12.8 Å². The third-order valence-electron chi connectivity index (χ3n) is 1.83. The lowest BCUT2D eigenvalue weighted by molar-refractivity contribution is -0.150. The number of carbonyl (C=O) groups is 2. The van der Waals surface area contributed by atoms with E-state index >= 15 is 0 Å². The van der Waals surface area contributed by atoms with Gasteiger partial charge in [0.1, 0.15) is 13.2 Å². The quantitative estimate of drug-likeness (QED) is 0.161. The first-order valence-electron chi connectivity index (χ1n) is 5.84. The fraction of sp³-hybridized carbons (Fsp3) is 0.600. The van der Waals surface area contributed by atoms with E-state index in [1.165, 1.54) is 0 Å². The van der Waals surface area contributed by atoms with Gasteiger partial charge in [-0.25, -0.2) is 0 Å². The van der Waals surface area contributed by atoms with E-state index in [1.54, 1.807) is 0 Å². The van der Waals surface area contributed by atoms with E-state index in [4.69, 9.17) is 32.4 Å². The molecule has 0 aliphatic rings. The maximum absolute atomic E-state index is 11.2. The van der Waals surface area contributed by atoms with Crippen molar-refractivity contribution in [3.8, 4) is 0 Å². The number of esters is 2. The zero-order chi connectivity index (χ0) is 15.4. The summed E-state index contributed by atoms with van der Waals surface area (Å²) in [6, 6.07) is 0. The predicted octanol–water partition coefficient (Wildman–Crippen LogP) is -1.76. The normalized spacial score (nSPS) is 8.55. The number of nitrogens with two attached hydrogens (primary N) is 4. The fourth-order valence-corrected chi connectivity index (χ4v) is 1.02. The van der Waals surface area contributed by atoms with Gasteiger partial charge >= 0.3 is 11.9 Å². The molecule has 0 unspecified atom stereocenters.